The van der Waals surface area contributed by atoms with E-state index in [-0.39, 0.29) is 28.6 Å². The van der Waals surface area contributed by atoms with Gasteiger partial charge in [0.1, 0.15) is 5.69 Å². The molecule has 0 fully saturated rings. The highest BCUT2D eigenvalue weighted by Crippen LogP contribution is 2.27. The minimum atomic E-state index is -0.320. The lowest BCUT2D eigenvalue weighted by Gasteiger charge is -2.14. The first kappa shape index (κ1) is 16.0. The van der Waals surface area contributed by atoms with Crippen LogP contribution < -0.4 is 0 Å². The van der Waals surface area contributed by atoms with Crippen LogP contribution >= 0.6 is 0 Å². The molecule has 0 radical (unpaired) electrons. The average molecular weight is 341 g/mol. The maximum Gasteiger partial charge on any atom is 0.229 e. The largest absolute Gasteiger partial charge is 0.492 e. The molecule has 0 spiro atoms. The number of ketones is 2. The Morgan fingerprint density at radius 2 is 1.42 bits per heavy atom. The summed E-state index contributed by atoms with van der Waals surface area (Å²) in [5.74, 6) is -0.593. The molecular formula is C22H15NO3. The monoisotopic (exact) mass is 341 g/mol. The van der Waals surface area contributed by atoms with Crippen molar-refractivity contribution >= 4 is 11.6 Å². The maximum atomic E-state index is 12.3. The fraction of sp³-hybridized carbons (Fsp3) is 0.0455. The summed E-state index contributed by atoms with van der Waals surface area (Å²) in [5, 5.41) is 0. The summed E-state index contributed by atoms with van der Waals surface area (Å²) in [7, 11) is 1.37. The highest BCUT2D eigenvalue weighted by molar-refractivity contribution is 6.23. The van der Waals surface area contributed by atoms with Crippen LogP contribution in [0, 0.1) is 0 Å². The Morgan fingerprint density at radius 1 is 0.769 bits per heavy atom. The number of pyridine rings is 1. The molecule has 0 unspecified atom stereocenters. The van der Waals surface area contributed by atoms with Crippen LogP contribution in [-0.4, -0.2) is 23.7 Å². The molecule has 0 amide bonds. The molecule has 0 aliphatic heterocycles. The minimum Gasteiger partial charge on any atom is -0.492 e. The molecule has 4 nitrogen and oxygen atoms in total. The highest BCUT2D eigenvalue weighted by Gasteiger charge is 2.28. The van der Waals surface area contributed by atoms with Crippen LogP contribution in [0.25, 0.3) is 22.4 Å². The lowest BCUT2D eigenvalue weighted by atomic mass is 9.96. The van der Waals surface area contributed by atoms with Gasteiger partial charge in [0.05, 0.1) is 18.4 Å². The van der Waals surface area contributed by atoms with Crippen LogP contribution in [0.5, 0.6) is 0 Å². The first-order valence-electron chi connectivity index (χ1n) is 8.19. The van der Waals surface area contributed by atoms with Crippen LogP contribution in [-0.2, 0) is 4.74 Å². The summed E-state index contributed by atoms with van der Waals surface area (Å²) in [6.07, 6.45) is 1.19. The van der Waals surface area contributed by atoms with Gasteiger partial charge < -0.3 is 4.74 Å². The third-order valence-corrected chi connectivity index (χ3v) is 4.37. The second-order valence-electron chi connectivity index (χ2n) is 5.94. The number of allylic oxidation sites excluding steroid dienone is 2. The molecule has 4 heteroatoms. The average Bonchev–Trinajstić information content (AvgIpc) is 2.71. The quantitative estimate of drug-likeness (QED) is 0.712. The number of benzene rings is 2. The standard InChI is InChI=1S/C22H15NO3/c1-26-20-13-19(24)21-17(22(20)25)11-12-18(23-21)16-9-7-15(8-10-16)14-5-3-2-4-6-14/h2-13H,1H3. The molecule has 0 N–H and O–H groups in total. The zero-order valence-corrected chi connectivity index (χ0v) is 14.1. The summed E-state index contributed by atoms with van der Waals surface area (Å²) >= 11 is 0. The SMILES string of the molecule is COC1=CC(=O)c2nc(-c3ccc(-c4ccccc4)cc3)ccc2C1=O. The van der Waals surface area contributed by atoms with E-state index in [1.54, 1.807) is 12.1 Å². The lowest BCUT2D eigenvalue weighted by Crippen LogP contribution is -2.19. The lowest BCUT2D eigenvalue weighted by molar-refractivity contribution is 0.0914. The first-order valence-corrected chi connectivity index (χ1v) is 8.19. The highest BCUT2D eigenvalue weighted by atomic mass is 16.5. The number of carbonyl (C=O) groups excluding carboxylic acids is 2. The van der Waals surface area contributed by atoms with Crippen molar-refractivity contribution in [1.82, 2.24) is 4.98 Å². The van der Waals surface area contributed by atoms with E-state index in [1.807, 2.05) is 42.5 Å². The summed E-state index contributed by atoms with van der Waals surface area (Å²) < 4.78 is 4.96. The smallest absolute Gasteiger partial charge is 0.229 e. The molecule has 4 rings (SSSR count). The fourth-order valence-corrected chi connectivity index (χ4v) is 2.99. The Balaban J connectivity index is 1.70. The number of Topliss-reactive ketones (excluding diaryl/α,β-unsaturated/α-hetero) is 1. The van der Waals surface area contributed by atoms with Gasteiger partial charge in [0, 0.05) is 11.6 Å². The first-order chi connectivity index (χ1) is 12.7. The third kappa shape index (κ3) is 2.71. The molecule has 26 heavy (non-hydrogen) atoms. The molecule has 1 aromatic heterocycles. The number of ether oxygens (including phenoxy) is 1. The molecule has 1 aliphatic carbocycles. The Morgan fingerprint density at radius 3 is 2.12 bits per heavy atom. The van der Waals surface area contributed by atoms with Crippen molar-refractivity contribution in [3.63, 3.8) is 0 Å². The summed E-state index contributed by atoms with van der Waals surface area (Å²) in [6, 6.07) is 21.4. The molecule has 0 saturated heterocycles. The van der Waals surface area contributed by atoms with Gasteiger partial charge in [-0.15, -0.1) is 0 Å². The van der Waals surface area contributed by atoms with E-state index in [0.717, 1.165) is 16.7 Å². The van der Waals surface area contributed by atoms with E-state index in [9.17, 15) is 9.59 Å². The van der Waals surface area contributed by atoms with Gasteiger partial charge in [0.25, 0.3) is 0 Å². The van der Waals surface area contributed by atoms with Crippen molar-refractivity contribution in [2.24, 2.45) is 0 Å². The van der Waals surface area contributed by atoms with Crippen LogP contribution in [0.15, 0.2) is 78.6 Å². The van der Waals surface area contributed by atoms with Crippen molar-refractivity contribution in [2.45, 2.75) is 0 Å². The van der Waals surface area contributed by atoms with E-state index in [2.05, 4.69) is 17.1 Å². The predicted molar refractivity (Wildman–Crippen MR) is 98.9 cm³/mol. The summed E-state index contributed by atoms with van der Waals surface area (Å²) in [6.45, 7) is 0. The van der Waals surface area contributed by atoms with Crippen molar-refractivity contribution < 1.29 is 14.3 Å². The normalized spacial score (nSPS) is 13.2. The van der Waals surface area contributed by atoms with Crippen molar-refractivity contribution in [2.75, 3.05) is 7.11 Å². The van der Waals surface area contributed by atoms with Crippen LogP contribution in [0.1, 0.15) is 20.8 Å². The number of hydrogen-bond donors (Lipinski definition) is 0. The molecule has 0 saturated carbocycles. The van der Waals surface area contributed by atoms with Gasteiger partial charge in [-0.2, -0.15) is 0 Å². The van der Waals surface area contributed by atoms with E-state index in [1.165, 1.54) is 13.2 Å². The van der Waals surface area contributed by atoms with Crippen LogP contribution in [0.2, 0.25) is 0 Å². The molecule has 0 bridgehead atoms. The number of hydrogen-bond acceptors (Lipinski definition) is 4. The van der Waals surface area contributed by atoms with Crippen LogP contribution in [0.4, 0.5) is 0 Å². The van der Waals surface area contributed by atoms with Gasteiger partial charge in [0.15, 0.2) is 5.76 Å². The second-order valence-corrected chi connectivity index (χ2v) is 5.94. The topological polar surface area (TPSA) is 56.3 Å². The number of nitrogens with zero attached hydrogens (tertiary/aromatic N) is 1. The Labute approximate surface area is 150 Å². The Kier molecular flexibility index (Phi) is 3.93. The summed E-state index contributed by atoms with van der Waals surface area (Å²) in [4.78, 5) is 28.9. The zero-order chi connectivity index (χ0) is 18.1. The van der Waals surface area contributed by atoms with Gasteiger partial charge in [-0.1, -0.05) is 54.6 Å². The minimum absolute atomic E-state index is 0.0456. The Bertz CT molecular complexity index is 1030. The number of fused-ring (bicyclic) bond motifs is 1. The zero-order valence-electron chi connectivity index (χ0n) is 14.1. The predicted octanol–water partition coefficient (Wildman–Crippen LogP) is 4.32. The van der Waals surface area contributed by atoms with Gasteiger partial charge >= 0.3 is 0 Å². The number of aromatic nitrogens is 1. The molecular weight excluding hydrogens is 326 g/mol. The number of rotatable bonds is 3. The van der Waals surface area contributed by atoms with E-state index in [0.29, 0.717) is 5.69 Å². The van der Waals surface area contributed by atoms with Gasteiger partial charge in [-0.05, 0) is 23.3 Å². The fourth-order valence-electron chi connectivity index (χ4n) is 2.99. The third-order valence-electron chi connectivity index (χ3n) is 4.37. The van der Waals surface area contributed by atoms with Crippen molar-refractivity contribution in [3.8, 4) is 22.4 Å². The van der Waals surface area contributed by atoms with Crippen molar-refractivity contribution in [3.05, 3.63) is 89.8 Å². The maximum absolute atomic E-state index is 12.3. The van der Waals surface area contributed by atoms with Crippen LogP contribution in [0.3, 0.4) is 0 Å². The second kappa shape index (κ2) is 6.41. The van der Waals surface area contributed by atoms with Gasteiger partial charge in [-0.25, -0.2) is 4.98 Å². The molecule has 0 atom stereocenters. The van der Waals surface area contributed by atoms with E-state index < -0.39 is 0 Å². The molecule has 126 valence electrons. The Hall–Kier alpha value is -3.53. The van der Waals surface area contributed by atoms with E-state index >= 15 is 0 Å². The molecule has 2 aromatic carbocycles. The molecule has 1 aliphatic rings. The van der Waals surface area contributed by atoms with Gasteiger partial charge in [-0.3, -0.25) is 9.59 Å². The molecule has 3 aromatic rings. The molecule has 1 heterocycles. The van der Waals surface area contributed by atoms with E-state index in [4.69, 9.17) is 4.74 Å². The van der Waals surface area contributed by atoms with Crippen molar-refractivity contribution in [1.29, 1.82) is 0 Å². The van der Waals surface area contributed by atoms with Gasteiger partial charge in [0.2, 0.25) is 11.6 Å². The summed E-state index contributed by atoms with van der Waals surface area (Å²) in [5.41, 5.74) is 4.22. The number of carbonyl (C=O) groups is 2. The number of methoxy groups -OCH3 is 1.